The van der Waals surface area contributed by atoms with Crippen LogP contribution in [0.25, 0.3) is 0 Å². The molecule has 0 aliphatic carbocycles. The largest absolute Gasteiger partial charge is 0.466 e. The van der Waals surface area contributed by atoms with Crippen LogP contribution in [0.1, 0.15) is 412 Å². The van der Waals surface area contributed by atoms with Gasteiger partial charge < -0.3 is 20.3 Å². The number of unbranched alkanes of at least 4 members (excludes halogenated alkanes) is 56. The first-order valence-corrected chi connectivity index (χ1v) is 36.6. The second-order valence-electron chi connectivity index (χ2n) is 25.3. The zero-order valence-corrected chi connectivity index (χ0v) is 54.3. The van der Waals surface area contributed by atoms with Crippen molar-refractivity contribution in [2.45, 2.75) is 424 Å². The van der Waals surface area contributed by atoms with Crippen molar-refractivity contribution >= 4 is 11.9 Å². The second kappa shape index (κ2) is 69.8. The molecule has 0 aromatic carbocycles. The average Bonchev–Trinajstić information content (AvgIpc) is 3.46. The lowest BCUT2D eigenvalue weighted by Crippen LogP contribution is -2.45. The molecule has 0 saturated carbocycles. The number of carbonyl (C=O) groups excluding carboxylic acids is 2. The van der Waals surface area contributed by atoms with Gasteiger partial charge in [-0.1, -0.05) is 366 Å². The summed E-state index contributed by atoms with van der Waals surface area (Å²) in [6.45, 7) is 4.95. The van der Waals surface area contributed by atoms with E-state index in [2.05, 4.69) is 31.3 Å². The van der Waals surface area contributed by atoms with Gasteiger partial charge in [-0.15, -0.1) is 0 Å². The van der Waals surface area contributed by atoms with E-state index in [0.29, 0.717) is 19.4 Å². The van der Waals surface area contributed by atoms with E-state index in [-0.39, 0.29) is 18.5 Å². The van der Waals surface area contributed by atoms with Gasteiger partial charge in [0, 0.05) is 12.8 Å². The zero-order valence-electron chi connectivity index (χ0n) is 54.3. The van der Waals surface area contributed by atoms with Gasteiger partial charge in [0.1, 0.15) is 0 Å². The third-order valence-electron chi connectivity index (χ3n) is 17.2. The summed E-state index contributed by atoms with van der Waals surface area (Å²) in [5.41, 5.74) is 0. The van der Waals surface area contributed by atoms with Gasteiger partial charge in [0.2, 0.25) is 5.91 Å². The van der Waals surface area contributed by atoms with Gasteiger partial charge in [-0.05, 0) is 57.8 Å². The van der Waals surface area contributed by atoms with Crippen molar-refractivity contribution in [3.05, 3.63) is 24.3 Å². The summed E-state index contributed by atoms with van der Waals surface area (Å²) in [4.78, 5) is 24.6. The zero-order chi connectivity index (χ0) is 57.8. The fourth-order valence-corrected chi connectivity index (χ4v) is 11.6. The standard InChI is InChI=1S/C74H143NO5/c1-3-5-7-9-11-13-15-17-19-20-21-29-32-35-39-42-46-50-54-58-62-66-72(77)71(70-76)75-73(78)67-63-59-55-51-47-43-40-36-33-30-27-25-23-22-24-26-28-31-34-37-41-45-49-53-57-61-65-69-80-74(79)68-64-60-56-52-48-44-38-18-16-14-12-10-8-6-4-2/h22-23,62,66,71-72,76-77H,3-21,24-61,63-65,67-70H2,1-2H3,(H,75,78)/b23-22-,66-62+. The monoisotopic (exact) mass is 1130 g/mol. The Labute approximate surface area is 501 Å². The van der Waals surface area contributed by atoms with Crippen LogP contribution in [0.15, 0.2) is 24.3 Å². The van der Waals surface area contributed by atoms with Crippen LogP contribution >= 0.6 is 0 Å². The molecule has 0 saturated heterocycles. The summed E-state index contributed by atoms with van der Waals surface area (Å²) in [6, 6.07) is -0.629. The SMILES string of the molecule is CCCCCCCCCCCCCCCCCCCCC/C=C/C(O)C(CO)NC(=O)CCCCCCCCCCCCC/C=C\CCCCCCCCCCCCCCOC(=O)CCCCCCCCCCCCCCCCC. The number of hydrogen-bond donors (Lipinski definition) is 3. The molecule has 0 radical (unpaired) electrons. The van der Waals surface area contributed by atoms with Crippen LogP contribution in [0.4, 0.5) is 0 Å². The number of amides is 1. The van der Waals surface area contributed by atoms with E-state index in [1.54, 1.807) is 6.08 Å². The van der Waals surface area contributed by atoms with Gasteiger partial charge in [-0.25, -0.2) is 0 Å². The first-order chi connectivity index (χ1) is 39.5. The lowest BCUT2D eigenvalue weighted by atomic mass is 10.0. The van der Waals surface area contributed by atoms with Gasteiger partial charge in [-0.2, -0.15) is 0 Å². The Morgan fingerprint density at radius 2 is 0.588 bits per heavy atom. The number of esters is 1. The van der Waals surface area contributed by atoms with Crippen LogP contribution in [0.5, 0.6) is 0 Å². The van der Waals surface area contributed by atoms with E-state index in [9.17, 15) is 19.8 Å². The van der Waals surface area contributed by atoms with Crippen molar-refractivity contribution in [3.63, 3.8) is 0 Å². The van der Waals surface area contributed by atoms with Crippen molar-refractivity contribution in [2.75, 3.05) is 13.2 Å². The van der Waals surface area contributed by atoms with Crippen molar-refractivity contribution < 1.29 is 24.5 Å². The van der Waals surface area contributed by atoms with Gasteiger partial charge in [0.05, 0.1) is 25.4 Å². The minimum atomic E-state index is -0.846. The lowest BCUT2D eigenvalue weighted by Gasteiger charge is -2.20. The first-order valence-electron chi connectivity index (χ1n) is 36.6. The molecule has 0 fully saturated rings. The fourth-order valence-electron chi connectivity index (χ4n) is 11.6. The summed E-state index contributed by atoms with van der Waals surface area (Å²) < 4.78 is 5.50. The van der Waals surface area contributed by atoms with Gasteiger partial charge in [0.25, 0.3) is 0 Å². The predicted molar refractivity (Wildman–Crippen MR) is 352 cm³/mol. The highest BCUT2D eigenvalue weighted by Gasteiger charge is 2.18. The molecular formula is C74H143NO5. The molecule has 0 rings (SSSR count). The molecular weight excluding hydrogens is 983 g/mol. The van der Waals surface area contributed by atoms with Crippen LogP contribution < -0.4 is 5.32 Å². The maximum atomic E-state index is 12.5. The minimum Gasteiger partial charge on any atom is -0.466 e. The molecule has 6 nitrogen and oxygen atoms in total. The Kier molecular flexibility index (Phi) is 68.4. The smallest absolute Gasteiger partial charge is 0.305 e. The van der Waals surface area contributed by atoms with E-state index < -0.39 is 12.1 Å². The van der Waals surface area contributed by atoms with Crippen LogP contribution in [-0.2, 0) is 14.3 Å². The van der Waals surface area contributed by atoms with Crippen molar-refractivity contribution in [2.24, 2.45) is 0 Å². The van der Waals surface area contributed by atoms with Crippen LogP contribution in [-0.4, -0.2) is 47.4 Å². The molecule has 2 atom stereocenters. The van der Waals surface area contributed by atoms with E-state index in [4.69, 9.17) is 4.74 Å². The highest BCUT2D eigenvalue weighted by molar-refractivity contribution is 5.76. The summed E-state index contributed by atoms with van der Waals surface area (Å²) >= 11 is 0. The Hall–Kier alpha value is -1.66. The molecule has 0 bridgehead atoms. The van der Waals surface area contributed by atoms with E-state index in [1.165, 1.54) is 347 Å². The maximum absolute atomic E-state index is 12.5. The van der Waals surface area contributed by atoms with Gasteiger partial charge in [0.15, 0.2) is 0 Å². The summed E-state index contributed by atoms with van der Waals surface area (Å²) in [5, 5.41) is 23.3. The lowest BCUT2D eigenvalue weighted by molar-refractivity contribution is -0.143. The number of allylic oxidation sites excluding steroid dienone is 3. The Morgan fingerprint density at radius 3 is 0.887 bits per heavy atom. The fraction of sp³-hybridized carbons (Fsp3) is 0.919. The van der Waals surface area contributed by atoms with Crippen molar-refractivity contribution in [1.82, 2.24) is 5.32 Å². The number of carbonyl (C=O) groups is 2. The second-order valence-corrected chi connectivity index (χ2v) is 25.3. The topological polar surface area (TPSA) is 95.9 Å². The molecule has 3 N–H and O–H groups in total. The Morgan fingerprint density at radius 1 is 0.338 bits per heavy atom. The minimum absolute atomic E-state index is 0.0185. The number of ether oxygens (including phenoxy) is 1. The molecule has 6 heteroatoms. The molecule has 2 unspecified atom stereocenters. The highest BCUT2D eigenvalue weighted by atomic mass is 16.5. The summed E-state index contributed by atoms with van der Waals surface area (Å²) in [5.74, 6) is -0.0460. The van der Waals surface area contributed by atoms with Gasteiger partial charge >= 0.3 is 5.97 Å². The molecule has 1 amide bonds. The number of aliphatic hydroxyl groups is 2. The molecule has 0 aliphatic heterocycles. The van der Waals surface area contributed by atoms with Crippen LogP contribution in [0.3, 0.4) is 0 Å². The number of rotatable bonds is 69. The molecule has 0 aromatic heterocycles. The third-order valence-corrected chi connectivity index (χ3v) is 17.2. The van der Waals surface area contributed by atoms with Crippen LogP contribution in [0, 0.1) is 0 Å². The maximum Gasteiger partial charge on any atom is 0.305 e. The molecule has 80 heavy (non-hydrogen) atoms. The highest BCUT2D eigenvalue weighted by Crippen LogP contribution is 2.19. The quantitative estimate of drug-likeness (QED) is 0.0320. The third kappa shape index (κ3) is 65.5. The number of aliphatic hydroxyl groups excluding tert-OH is 2. The van der Waals surface area contributed by atoms with E-state index in [1.807, 2.05) is 6.08 Å². The van der Waals surface area contributed by atoms with Gasteiger partial charge in [-0.3, -0.25) is 9.59 Å². The average molecular weight is 1130 g/mol. The molecule has 474 valence electrons. The Balaban J connectivity index is 3.40. The van der Waals surface area contributed by atoms with Crippen LogP contribution in [0.2, 0.25) is 0 Å². The van der Waals surface area contributed by atoms with E-state index >= 15 is 0 Å². The molecule has 0 spiro atoms. The molecule has 0 aliphatic rings. The molecule has 0 aromatic rings. The normalized spacial score (nSPS) is 12.6. The van der Waals surface area contributed by atoms with Crippen molar-refractivity contribution in [1.29, 1.82) is 0 Å². The summed E-state index contributed by atoms with van der Waals surface area (Å²) in [6.07, 6.45) is 88.4. The van der Waals surface area contributed by atoms with E-state index in [0.717, 1.165) is 38.5 Å². The Bertz CT molecular complexity index is 1250. The summed E-state index contributed by atoms with van der Waals surface area (Å²) in [7, 11) is 0. The number of hydrogen-bond acceptors (Lipinski definition) is 5. The van der Waals surface area contributed by atoms with Crippen molar-refractivity contribution in [3.8, 4) is 0 Å². The predicted octanol–water partition coefficient (Wildman–Crippen LogP) is 23.7. The first kappa shape index (κ1) is 78.3. The number of nitrogens with one attached hydrogen (secondary N) is 1. The molecule has 0 heterocycles.